The third-order valence-electron chi connectivity index (χ3n) is 2.13. The fourth-order valence-corrected chi connectivity index (χ4v) is 2.26. The van der Waals surface area contributed by atoms with Crippen LogP contribution < -0.4 is 0 Å². The number of hydrogen-bond donors (Lipinski definition) is 1. The zero-order chi connectivity index (χ0) is 11.5. The summed E-state index contributed by atoms with van der Waals surface area (Å²) >= 11 is 5.55. The van der Waals surface area contributed by atoms with Gasteiger partial charge in [0, 0.05) is 0 Å². The highest BCUT2D eigenvalue weighted by Crippen LogP contribution is 2.28. The van der Waals surface area contributed by atoms with Crippen LogP contribution in [0.5, 0.6) is 0 Å². The molecule has 1 aliphatic rings. The van der Waals surface area contributed by atoms with Gasteiger partial charge in [-0.05, 0) is 12.8 Å². The molecule has 1 aliphatic heterocycles. The first-order chi connectivity index (χ1) is 6.96. The van der Waals surface area contributed by atoms with E-state index in [1.807, 2.05) is 0 Å². The van der Waals surface area contributed by atoms with E-state index in [1.165, 1.54) is 0 Å². The van der Waals surface area contributed by atoms with Gasteiger partial charge in [0.2, 0.25) is 0 Å². The fourth-order valence-electron chi connectivity index (χ4n) is 1.34. The van der Waals surface area contributed by atoms with Crippen molar-refractivity contribution in [3.8, 4) is 0 Å². The maximum absolute atomic E-state index is 10.8. The van der Waals surface area contributed by atoms with Gasteiger partial charge < -0.3 is 9.84 Å². The molecule has 15 heavy (non-hydrogen) atoms. The first-order valence-corrected chi connectivity index (χ1v) is 7.02. The summed E-state index contributed by atoms with van der Waals surface area (Å²) in [7, 11) is -3.51. The van der Waals surface area contributed by atoms with Crippen molar-refractivity contribution in [1.82, 2.24) is 0 Å². The Morgan fingerprint density at radius 1 is 1.53 bits per heavy atom. The summed E-state index contributed by atoms with van der Waals surface area (Å²) in [5.74, 6) is 0.446. The van der Waals surface area contributed by atoms with E-state index < -0.39 is 16.2 Å². The molecule has 7 heteroatoms. The van der Waals surface area contributed by atoms with Crippen LogP contribution in [0.4, 0.5) is 0 Å². The topological polar surface area (TPSA) is 76.1 Å². The van der Waals surface area contributed by atoms with Crippen LogP contribution in [0.25, 0.3) is 0 Å². The average Bonchev–Trinajstić information content (AvgIpc) is 2.89. The molecule has 0 amide bonds. The number of alkyl halides is 1. The van der Waals surface area contributed by atoms with Gasteiger partial charge in [0.25, 0.3) is 10.1 Å². The largest absolute Gasteiger partial charge is 0.394 e. The minimum absolute atomic E-state index is 0.0734. The molecule has 0 aromatic carbocycles. The minimum atomic E-state index is -3.51. The highest BCUT2D eigenvalue weighted by molar-refractivity contribution is 7.86. The van der Waals surface area contributed by atoms with Crippen molar-refractivity contribution in [2.75, 3.05) is 18.7 Å². The molecule has 0 spiro atoms. The molecule has 1 N–H and O–H groups in total. The molecular formula is C8H15ClO5S. The summed E-state index contributed by atoms with van der Waals surface area (Å²) in [4.78, 5) is 0. The van der Waals surface area contributed by atoms with Gasteiger partial charge in [-0.15, -0.1) is 11.6 Å². The van der Waals surface area contributed by atoms with Gasteiger partial charge in [0.15, 0.2) is 0 Å². The predicted molar refractivity (Wildman–Crippen MR) is 55.4 cm³/mol. The Morgan fingerprint density at radius 2 is 2.20 bits per heavy atom. The lowest BCUT2D eigenvalue weighted by Gasteiger charge is -2.12. The first-order valence-electron chi connectivity index (χ1n) is 4.67. The molecule has 0 aromatic rings. The van der Waals surface area contributed by atoms with E-state index in [0.717, 1.165) is 6.26 Å². The smallest absolute Gasteiger partial charge is 0.264 e. The molecule has 1 fully saturated rings. The number of halogens is 1. The maximum Gasteiger partial charge on any atom is 0.264 e. The molecule has 0 saturated carbocycles. The second-order valence-corrected chi connectivity index (χ2v) is 5.46. The van der Waals surface area contributed by atoms with Gasteiger partial charge in [-0.1, -0.05) is 0 Å². The van der Waals surface area contributed by atoms with Gasteiger partial charge in [-0.2, -0.15) is 8.42 Å². The molecule has 1 heterocycles. The van der Waals surface area contributed by atoms with E-state index in [0.29, 0.717) is 18.7 Å². The van der Waals surface area contributed by atoms with Crippen LogP contribution >= 0.6 is 11.6 Å². The highest BCUT2D eigenvalue weighted by atomic mass is 35.5. The van der Waals surface area contributed by atoms with Crippen molar-refractivity contribution in [2.45, 2.75) is 31.2 Å². The number of aliphatic hydroxyl groups is 1. The zero-order valence-corrected chi connectivity index (χ0v) is 10.00. The van der Waals surface area contributed by atoms with Crippen molar-refractivity contribution in [3.63, 3.8) is 0 Å². The molecule has 90 valence electrons. The van der Waals surface area contributed by atoms with Gasteiger partial charge in [0.05, 0.1) is 31.0 Å². The fraction of sp³-hybridized carbons (Fsp3) is 1.00. The van der Waals surface area contributed by atoms with E-state index in [-0.39, 0.29) is 18.8 Å². The van der Waals surface area contributed by atoms with Crippen molar-refractivity contribution in [1.29, 1.82) is 0 Å². The van der Waals surface area contributed by atoms with Crippen LogP contribution in [-0.4, -0.2) is 50.6 Å². The highest BCUT2D eigenvalue weighted by Gasteiger charge is 2.37. The van der Waals surface area contributed by atoms with Crippen molar-refractivity contribution in [2.24, 2.45) is 0 Å². The SMILES string of the molecule is CS(=O)(=O)OC(CO)CCC1OC1CCl. The summed E-state index contributed by atoms with van der Waals surface area (Å²) in [6.45, 7) is -0.314. The minimum Gasteiger partial charge on any atom is -0.394 e. The van der Waals surface area contributed by atoms with Crippen molar-refractivity contribution >= 4 is 21.7 Å². The van der Waals surface area contributed by atoms with E-state index in [9.17, 15) is 8.42 Å². The zero-order valence-electron chi connectivity index (χ0n) is 8.43. The van der Waals surface area contributed by atoms with E-state index in [2.05, 4.69) is 4.18 Å². The molecule has 0 bridgehead atoms. The lowest BCUT2D eigenvalue weighted by molar-refractivity contribution is 0.111. The van der Waals surface area contributed by atoms with Crippen LogP contribution in [0.1, 0.15) is 12.8 Å². The van der Waals surface area contributed by atoms with E-state index >= 15 is 0 Å². The summed E-state index contributed by atoms with van der Waals surface area (Å²) < 4.78 is 31.4. The standard InChI is InChI=1S/C8H15ClO5S/c1-15(11,12)14-6(5-10)2-3-7-8(4-9)13-7/h6-8,10H,2-5H2,1H3. The lowest BCUT2D eigenvalue weighted by atomic mass is 10.1. The van der Waals surface area contributed by atoms with E-state index in [1.54, 1.807) is 0 Å². The Kier molecular flexibility index (Phi) is 4.79. The molecule has 3 atom stereocenters. The second kappa shape index (κ2) is 5.45. The third kappa shape index (κ3) is 5.12. The molecule has 0 radical (unpaired) electrons. The van der Waals surface area contributed by atoms with Crippen molar-refractivity contribution < 1.29 is 22.4 Å². The number of hydrogen-bond acceptors (Lipinski definition) is 5. The molecule has 5 nitrogen and oxygen atoms in total. The lowest BCUT2D eigenvalue weighted by Crippen LogP contribution is -2.22. The third-order valence-corrected chi connectivity index (χ3v) is 3.05. The van der Waals surface area contributed by atoms with Gasteiger partial charge >= 0.3 is 0 Å². The van der Waals surface area contributed by atoms with Crippen LogP contribution in [0, 0.1) is 0 Å². The first kappa shape index (κ1) is 13.2. The average molecular weight is 259 g/mol. The number of rotatable bonds is 7. The van der Waals surface area contributed by atoms with Crippen LogP contribution in [0.2, 0.25) is 0 Å². The Labute approximate surface area is 94.4 Å². The van der Waals surface area contributed by atoms with Crippen LogP contribution in [-0.2, 0) is 19.0 Å². The molecule has 3 unspecified atom stereocenters. The molecular weight excluding hydrogens is 244 g/mol. The second-order valence-electron chi connectivity index (χ2n) is 3.55. The quantitative estimate of drug-likeness (QED) is 0.399. The van der Waals surface area contributed by atoms with Gasteiger partial charge in [0.1, 0.15) is 6.10 Å². The Balaban J connectivity index is 2.23. The summed E-state index contributed by atoms with van der Waals surface area (Å²) in [6, 6.07) is 0. The Morgan fingerprint density at radius 3 is 2.60 bits per heavy atom. The molecule has 0 aromatic heterocycles. The molecule has 1 saturated heterocycles. The Bertz CT molecular complexity index is 291. The van der Waals surface area contributed by atoms with Crippen molar-refractivity contribution in [3.05, 3.63) is 0 Å². The van der Waals surface area contributed by atoms with E-state index in [4.69, 9.17) is 21.4 Å². The number of ether oxygens (including phenoxy) is 1. The normalized spacial score (nSPS) is 27.7. The number of epoxide rings is 1. The van der Waals surface area contributed by atoms with Gasteiger partial charge in [-0.3, -0.25) is 4.18 Å². The summed E-state index contributed by atoms with van der Waals surface area (Å²) in [6.07, 6.45) is 1.54. The Hall–Kier alpha value is 0.120. The van der Waals surface area contributed by atoms with Crippen LogP contribution in [0.3, 0.4) is 0 Å². The summed E-state index contributed by atoms with van der Waals surface area (Å²) in [5, 5.41) is 8.89. The monoisotopic (exact) mass is 258 g/mol. The number of aliphatic hydroxyl groups excluding tert-OH is 1. The summed E-state index contributed by atoms with van der Waals surface area (Å²) in [5.41, 5.74) is 0. The van der Waals surface area contributed by atoms with Gasteiger partial charge in [-0.25, -0.2) is 0 Å². The van der Waals surface area contributed by atoms with Crippen LogP contribution in [0.15, 0.2) is 0 Å². The predicted octanol–water partition coefficient (Wildman–Crippen LogP) is 0.110. The molecule has 1 rings (SSSR count). The maximum atomic E-state index is 10.8. The molecule has 0 aliphatic carbocycles.